The van der Waals surface area contributed by atoms with E-state index in [1.165, 1.54) is 7.11 Å². The molecule has 2 N–H and O–H groups in total. The number of methoxy groups -OCH3 is 1. The fourth-order valence-corrected chi connectivity index (χ4v) is 4.56. The fourth-order valence-electron chi connectivity index (χ4n) is 2.02. The summed E-state index contributed by atoms with van der Waals surface area (Å²) in [6, 6.07) is 6.69. The number of sulfonamides is 1. The van der Waals surface area contributed by atoms with Gasteiger partial charge in [-0.05, 0) is 19.9 Å². The first-order chi connectivity index (χ1) is 9.85. The van der Waals surface area contributed by atoms with Crippen LogP contribution in [0.1, 0.15) is 24.2 Å². The molecule has 6 nitrogen and oxygen atoms in total. The molecule has 0 radical (unpaired) electrons. The molecule has 0 saturated carbocycles. The molecule has 1 unspecified atom stereocenters. The summed E-state index contributed by atoms with van der Waals surface area (Å²) in [4.78, 5) is 13.3. The second kappa shape index (κ2) is 6.00. The second-order valence-corrected chi connectivity index (χ2v) is 7.40. The number of rotatable bonds is 5. The number of para-hydroxylation sites is 1. The molecule has 0 spiro atoms. The van der Waals surface area contributed by atoms with Gasteiger partial charge in [-0.15, -0.1) is 0 Å². The molecule has 0 saturated heterocycles. The van der Waals surface area contributed by atoms with Crippen LogP contribution in [0, 0.1) is 6.92 Å². The molecule has 1 atom stereocenters. The Hall–Kier alpha value is -1.64. The van der Waals surface area contributed by atoms with Crippen LogP contribution in [0.15, 0.2) is 33.3 Å². The Morgan fingerprint density at radius 1 is 1.33 bits per heavy atom. The van der Waals surface area contributed by atoms with Crippen LogP contribution in [-0.4, -0.2) is 20.5 Å². The van der Waals surface area contributed by atoms with E-state index in [2.05, 4.69) is 9.71 Å². The maximum atomic E-state index is 12.3. The highest BCUT2D eigenvalue weighted by Gasteiger charge is 2.24. The van der Waals surface area contributed by atoms with Gasteiger partial charge in [-0.3, -0.25) is 4.79 Å². The average Bonchev–Trinajstić information content (AvgIpc) is 2.78. The predicted molar refractivity (Wildman–Crippen MR) is 81.4 cm³/mol. The lowest BCUT2D eigenvalue weighted by atomic mass is 10.1. The van der Waals surface area contributed by atoms with Gasteiger partial charge in [0.05, 0.1) is 7.11 Å². The summed E-state index contributed by atoms with van der Waals surface area (Å²) >= 11 is 0.676. The van der Waals surface area contributed by atoms with Crippen LogP contribution < -0.4 is 14.3 Å². The van der Waals surface area contributed by atoms with Crippen LogP contribution in [0.2, 0.25) is 0 Å². The smallest absolute Gasteiger partial charge is 0.305 e. The van der Waals surface area contributed by atoms with E-state index in [-0.39, 0.29) is 4.21 Å². The van der Waals surface area contributed by atoms with Gasteiger partial charge >= 0.3 is 4.87 Å². The monoisotopic (exact) mass is 328 g/mol. The zero-order valence-corrected chi connectivity index (χ0v) is 13.5. The zero-order valence-electron chi connectivity index (χ0n) is 11.8. The molecule has 0 amide bonds. The van der Waals surface area contributed by atoms with Gasteiger partial charge in [0.1, 0.15) is 5.75 Å². The normalized spacial score (nSPS) is 13.1. The highest BCUT2D eigenvalue weighted by Crippen LogP contribution is 2.26. The number of thiazole rings is 1. The topological polar surface area (TPSA) is 88.3 Å². The minimum absolute atomic E-state index is 0.00856. The molecule has 0 fully saturated rings. The lowest BCUT2D eigenvalue weighted by molar-refractivity contribution is 0.405. The third kappa shape index (κ3) is 3.34. The first kappa shape index (κ1) is 15.7. The Bertz CT molecular complexity index is 792. The van der Waals surface area contributed by atoms with Crippen molar-refractivity contribution in [2.45, 2.75) is 24.1 Å². The third-order valence-corrected chi connectivity index (χ3v) is 6.11. The second-order valence-electron chi connectivity index (χ2n) is 4.51. The van der Waals surface area contributed by atoms with E-state index >= 15 is 0 Å². The SMILES string of the molecule is COc1ccccc1C(C)NS(=O)(=O)c1sc(=O)[nH]c1C. The summed E-state index contributed by atoms with van der Waals surface area (Å²) in [6.07, 6.45) is 0. The Morgan fingerprint density at radius 2 is 2.00 bits per heavy atom. The van der Waals surface area contributed by atoms with Crippen LogP contribution in [0.3, 0.4) is 0 Å². The zero-order chi connectivity index (χ0) is 15.6. The van der Waals surface area contributed by atoms with Crippen molar-refractivity contribution in [1.82, 2.24) is 9.71 Å². The summed E-state index contributed by atoms with van der Waals surface area (Å²) in [6.45, 7) is 3.28. The van der Waals surface area contributed by atoms with Crippen molar-refractivity contribution in [2.75, 3.05) is 7.11 Å². The number of H-pyrrole nitrogens is 1. The van der Waals surface area contributed by atoms with Crippen LogP contribution in [-0.2, 0) is 10.0 Å². The highest BCUT2D eigenvalue weighted by molar-refractivity contribution is 7.91. The summed E-state index contributed by atoms with van der Waals surface area (Å²) < 4.78 is 32.5. The maximum Gasteiger partial charge on any atom is 0.305 e. The molecule has 0 bridgehead atoms. The lowest BCUT2D eigenvalue weighted by Gasteiger charge is -2.16. The molecular formula is C13H16N2O4S2. The standard InChI is InChI=1S/C13H16N2O4S2/c1-8(10-6-4-5-7-11(10)19-3)15-21(17,18)12-9(2)14-13(16)20-12/h4-8,15H,1-3H3,(H,14,16). The Kier molecular flexibility index (Phi) is 4.50. The van der Waals surface area contributed by atoms with Crippen LogP contribution >= 0.6 is 11.3 Å². The third-order valence-electron chi connectivity index (χ3n) is 2.96. The number of hydrogen-bond acceptors (Lipinski definition) is 5. The fraction of sp³-hybridized carbons (Fsp3) is 0.308. The Morgan fingerprint density at radius 3 is 2.57 bits per heavy atom. The largest absolute Gasteiger partial charge is 0.496 e. The van der Waals surface area contributed by atoms with Crippen LogP contribution in [0.4, 0.5) is 0 Å². The summed E-state index contributed by atoms with van der Waals surface area (Å²) in [5.74, 6) is 0.603. The van der Waals surface area contributed by atoms with E-state index in [9.17, 15) is 13.2 Å². The van der Waals surface area contributed by atoms with Gasteiger partial charge < -0.3 is 9.72 Å². The van der Waals surface area contributed by atoms with Gasteiger partial charge in [0, 0.05) is 17.3 Å². The molecule has 8 heteroatoms. The summed E-state index contributed by atoms with van der Waals surface area (Å²) in [7, 11) is -2.23. The number of aromatic amines is 1. The number of ether oxygens (including phenoxy) is 1. The Labute approximate surface area is 126 Å². The lowest BCUT2D eigenvalue weighted by Crippen LogP contribution is -2.27. The van der Waals surface area contributed by atoms with Gasteiger partial charge in [-0.2, -0.15) is 0 Å². The molecule has 2 rings (SSSR count). The van der Waals surface area contributed by atoms with E-state index in [1.807, 2.05) is 12.1 Å². The predicted octanol–water partition coefficient (Wildman–Crippen LogP) is 1.79. The van der Waals surface area contributed by atoms with Crippen molar-refractivity contribution in [3.63, 3.8) is 0 Å². The maximum absolute atomic E-state index is 12.3. The van der Waals surface area contributed by atoms with Crippen molar-refractivity contribution < 1.29 is 13.2 Å². The molecule has 0 aliphatic carbocycles. The quantitative estimate of drug-likeness (QED) is 0.876. The Balaban J connectivity index is 2.32. The number of benzene rings is 1. The van der Waals surface area contributed by atoms with E-state index in [1.54, 1.807) is 26.0 Å². The van der Waals surface area contributed by atoms with E-state index < -0.39 is 20.9 Å². The first-order valence-electron chi connectivity index (χ1n) is 6.20. The van der Waals surface area contributed by atoms with Crippen molar-refractivity contribution in [1.29, 1.82) is 0 Å². The summed E-state index contributed by atoms with van der Waals surface area (Å²) in [5.41, 5.74) is 1.06. The van der Waals surface area contributed by atoms with Gasteiger partial charge in [0.2, 0.25) is 0 Å². The number of aryl methyl sites for hydroxylation is 1. The molecule has 0 aliphatic heterocycles. The summed E-state index contributed by atoms with van der Waals surface area (Å²) in [5, 5.41) is 0. The molecule has 1 aromatic carbocycles. The van der Waals surface area contributed by atoms with Gasteiger partial charge in [0.15, 0.2) is 4.21 Å². The number of nitrogens with one attached hydrogen (secondary N) is 2. The van der Waals surface area contributed by atoms with Crippen LogP contribution in [0.25, 0.3) is 0 Å². The van der Waals surface area contributed by atoms with Crippen molar-refractivity contribution >= 4 is 21.4 Å². The van der Waals surface area contributed by atoms with Crippen molar-refractivity contribution in [3.8, 4) is 5.75 Å². The molecule has 0 aliphatic rings. The number of aromatic nitrogens is 1. The minimum Gasteiger partial charge on any atom is -0.496 e. The van der Waals surface area contributed by atoms with E-state index in [4.69, 9.17) is 4.74 Å². The molecule has 21 heavy (non-hydrogen) atoms. The van der Waals surface area contributed by atoms with Crippen LogP contribution in [0.5, 0.6) is 5.75 Å². The average molecular weight is 328 g/mol. The van der Waals surface area contributed by atoms with E-state index in [0.29, 0.717) is 22.8 Å². The molecule has 114 valence electrons. The molecule has 1 heterocycles. The van der Waals surface area contributed by atoms with Gasteiger partial charge in [-0.25, -0.2) is 13.1 Å². The van der Waals surface area contributed by atoms with Gasteiger partial charge in [0.25, 0.3) is 10.0 Å². The van der Waals surface area contributed by atoms with Crippen molar-refractivity contribution in [3.05, 3.63) is 45.2 Å². The molecule has 2 aromatic rings. The van der Waals surface area contributed by atoms with Crippen molar-refractivity contribution in [2.24, 2.45) is 0 Å². The van der Waals surface area contributed by atoms with Gasteiger partial charge in [-0.1, -0.05) is 29.5 Å². The number of hydrogen-bond donors (Lipinski definition) is 2. The minimum atomic E-state index is -3.76. The first-order valence-corrected chi connectivity index (χ1v) is 8.50. The molecular weight excluding hydrogens is 312 g/mol. The highest BCUT2D eigenvalue weighted by atomic mass is 32.2. The molecule has 1 aromatic heterocycles. The van der Waals surface area contributed by atoms with E-state index in [0.717, 1.165) is 5.56 Å².